The Morgan fingerprint density at radius 2 is 1.89 bits per heavy atom. The van der Waals surface area contributed by atoms with E-state index >= 15 is 0 Å². The number of amides is 1. The summed E-state index contributed by atoms with van der Waals surface area (Å²) in [6, 6.07) is 11.6. The number of aryl methyl sites for hydroxylation is 2. The Kier molecular flexibility index (Phi) is 8.33. The minimum absolute atomic E-state index is 0.0140. The van der Waals surface area contributed by atoms with Gasteiger partial charge in [-0.2, -0.15) is 15.1 Å². The first-order valence-electron chi connectivity index (χ1n) is 12.3. The van der Waals surface area contributed by atoms with Crippen molar-refractivity contribution in [1.82, 2.24) is 5.01 Å². The number of aliphatic imine (C=N–C) groups is 1. The van der Waals surface area contributed by atoms with E-state index in [9.17, 15) is 4.79 Å². The minimum Gasteiger partial charge on any atom is -0.493 e. The monoisotopic (exact) mass is 520 g/mol. The van der Waals surface area contributed by atoms with Gasteiger partial charge in [-0.1, -0.05) is 32.9 Å². The molecule has 2 aliphatic rings. The molecule has 9 heteroatoms. The molecule has 0 bridgehead atoms. The van der Waals surface area contributed by atoms with E-state index in [1.165, 1.54) is 27.9 Å². The number of hydrazone groups is 1. The Hall–Kier alpha value is -3.59. The summed E-state index contributed by atoms with van der Waals surface area (Å²) in [6.45, 7) is 9.11. The van der Waals surface area contributed by atoms with Gasteiger partial charge < -0.3 is 14.2 Å². The van der Waals surface area contributed by atoms with Gasteiger partial charge in [0.15, 0.2) is 17.3 Å². The van der Waals surface area contributed by atoms with Gasteiger partial charge in [-0.25, -0.2) is 0 Å². The van der Waals surface area contributed by atoms with Crippen LogP contribution in [0.2, 0.25) is 0 Å². The summed E-state index contributed by atoms with van der Waals surface area (Å²) in [5.74, 6) is 1.90. The van der Waals surface area contributed by atoms with Gasteiger partial charge >= 0.3 is 0 Å². The summed E-state index contributed by atoms with van der Waals surface area (Å²) in [5, 5.41) is 15.8. The molecule has 4 rings (SSSR count). The third-order valence-electron chi connectivity index (χ3n) is 5.71. The second-order valence-corrected chi connectivity index (χ2v) is 10.3. The zero-order valence-corrected chi connectivity index (χ0v) is 22.6. The number of carbonyl (C=O) groups excluding carboxylic acids is 1. The van der Waals surface area contributed by atoms with Crippen LogP contribution < -0.4 is 14.2 Å². The van der Waals surface area contributed by atoms with E-state index in [1.54, 1.807) is 25.3 Å². The lowest BCUT2D eigenvalue weighted by molar-refractivity contribution is -0.114. The van der Waals surface area contributed by atoms with Crippen molar-refractivity contribution in [3.05, 3.63) is 58.7 Å². The molecule has 2 aromatic carbocycles. The lowest BCUT2D eigenvalue weighted by atomic mass is 10.1. The van der Waals surface area contributed by atoms with Gasteiger partial charge in [0, 0.05) is 6.42 Å². The fourth-order valence-corrected chi connectivity index (χ4v) is 5.04. The molecule has 0 aromatic heterocycles. The van der Waals surface area contributed by atoms with Crippen LogP contribution in [0.1, 0.15) is 43.9 Å². The van der Waals surface area contributed by atoms with E-state index in [4.69, 9.17) is 19.6 Å². The quantitative estimate of drug-likeness (QED) is 0.319. The first-order valence-corrected chi connectivity index (χ1v) is 13.1. The fourth-order valence-electron chi connectivity index (χ4n) is 3.95. The molecule has 194 valence electrons. The lowest BCUT2D eigenvalue weighted by Crippen LogP contribution is -2.35. The average molecular weight is 521 g/mol. The molecule has 0 spiro atoms. The van der Waals surface area contributed by atoms with Crippen LogP contribution in [-0.4, -0.2) is 47.3 Å². The molecule has 0 atom stereocenters. The number of amidine groups is 2. The predicted octanol–water partition coefficient (Wildman–Crippen LogP) is 5.69. The second-order valence-electron chi connectivity index (χ2n) is 9.23. The van der Waals surface area contributed by atoms with Gasteiger partial charge in [-0.05, 0) is 78.1 Å². The van der Waals surface area contributed by atoms with Crippen LogP contribution in [-0.2, 0) is 11.2 Å². The van der Waals surface area contributed by atoms with Crippen LogP contribution in [0.5, 0.6) is 17.2 Å². The average Bonchev–Trinajstić information content (AvgIpc) is 3.26. The molecule has 0 saturated heterocycles. The SMILES string of the molecule is CCc1cc(C)cc(OCCOc2ccc(/C=C3\C(=N)N4N=C(CC(C)C)SC4=NC3=O)cc2OC)c1. The molecular weight excluding hydrogens is 488 g/mol. The molecule has 0 aliphatic carbocycles. The van der Waals surface area contributed by atoms with Crippen LogP contribution in [0.4, 0.5) is 0 Å². The summed E-state index contributed by atoms with van der Waals surface area (Å²) in [4.78, 5) is 16.9. The van der Waals surface area contributed by atoms with Crippen molar-refractivity contribution in [3.8, 4) is 17.2 Å². The third kappa shape index (κ3) is 6.40. The molecule has 8 nitrogen and oxygen atoms in total. The van der Waals surface area contributed by atoms with Gasteiger partial charge in [0.1, 0.15) is 24.0 Å². The molecule has 37 heavy (non-hydrogen) atoms. The maximum absolute atomic E-state index is 12.7. The number of thioether (sulfide) groups is 1. The lowest BCUT2D eigenvalue weighted by Gasteiger charge is -2.20. The summed E-state index contributed by atoms with van der Waals surface area (Å²) < 4.78 is 17.3. The molecule has 0 unspecified atom stereocenters. The number of nitrogens with one attached hydrogen (secondary N) is 1. The van der Waals surface area contributed by atoms with Crippen molar-refractivity contribution in [2.45, 2.75) is 40.5 Å². The number of rotatable bonds is 10. The number of carbonyl (C=O) groups is 1. The van der Waals surface area contributed by atoms with Crippen LogP contribution in [0.3, 0.4) is 0 Å². The van der Waals surface area contributed by atoms with Gasteiger partial charge in [0.2, 0.25) is 5.17 Å². The van der Waals surface area contributed by atoms with Crippen LogP contribution in [0.25, 0.3) is 6.08 Å². The highest BCUT2D eigenvalue weighted by molar-refractivity contribution is 8.26. The molecule has 1 amide bonds. The number of nitrogens with zero attached hydrogens (tertiary/aromatic N) is 3. The van der Waals surface area contributed by atoms with E-state index in [0.29, 0.717) is 41.4 Å². The molecule has 2 heterocycles. The number of hydrogen-bond donors (Lipinski definition) is 1. The van der Waals surface area contributed by atoms with Crippen molar-refractivity contribution >= 4 is 39.8 Å². The zero-order chi connectivity index (χ0) is 26.5. The van der Waals surface area contributed by atoms with Crippen LogP contribution in [0.15, 0.2) is 52.1 Å². The molecule has 0 fully saturated rings. The zero-order valence-electron chi connectivity index (χ0n) is 21.8. The minimum atomic E-state index is -0.455. The first kappa shape index (κ1) is 26.5. The Bertz CT molecular complexity index is 1300. The second kappa shape index (κ2) is 11.6. The highest BCUT2D eigenvalue weighted by Gasteiger charge is 2.35. The van der Waals surface area contributed by atoms with Gasteiger partial charge in [-0.3, -0.25) is 10.2 Å². The Balaban J connectivity index is 1.42. The van der Waals surface area contributed by atoms with Crippen LogP contribution >= 0.6 is 11.8 Å². The normalized spacial score (nSPS) is 16.2. The third-order valence-corrected chi connectivity index (χ3v) is 6.64. The summed E-state index contributed by atoms with van der Waals surface area (Å²) >= 11 is 1.35. The van der Waals surface area contributed by atoms with Gasteiger partial charge in [-0.15, -0.1) is 0 Å². The first-order chi connectivity index (χ1) is 17.8. The summed E-state index contributed by atoms with van der Waals surface area (Å²) in [6.07, 6.45) is 3.36. The topological polar surface area (TPSA) is 96.6 Å². The predicted molar refractivity (Wildman–Crippen MR) is 149 cm³/mol. The van der Waals surface area contributed by atoms with E-state index in [2.05, 4.69) is 43.9 Å². The van der Waals surface area contributed by atoms with Crippen molar-refractivity contribution in [1.29, 1.82) is 5.41 Å². The van der Waals surface area contributed by atoms with E-state index in [-0.39, 0.29) is 11.4 Å². The van der Waals surface area contributed by atoms with Gasteiger partial charge in [0.05, 0.1) is 12.7 Å². The molecular formula is C28H32N4O4S. The fraction of sp³-hybridized carbons (Fsp3) is 0.357. The number of fused-ring (bicyclic) bond motifs is 1. The summed E-state index contributed by atoms with van der Waals surface area (Å²) in [7, 11) is 1.56. The highest BCUT2D eigenvalue weighted by Crippen LogP contribution is 2.32. The van der Waals surface area contributed by atoms with E-state index in [0.717, 1.165) is 23.6 Å². The number of hydrogen-bond acceptors (Lipinski definition) is 7. The molecule has 0 radical (unpaired) electrons. The van der Waals surface area contributed by atoms with Crippen molar-refractivity contribution < 1.29 is 19.0 Å². The highest BCUT2D eigenvalue weighted by atomic mass is 32.2. The smallest absolute Gasteiger partial charge is 0.283 e. The number of benzene rings is 2. The maximum atomic E-state index is 12.7. The number of methoxy groups -OCH3 is 1. The van der Waals surface area contributed by atoms with Crippen LogP contribution in [0, 0.1) is 18.3 Å². The van der Waals surface area contributed by atoms with Crippen molar-refractivity contribution in [2.75, 3.05) is 20.3 Å². The molecule has 2 aliphatic heterocycles. The van der Waals surface area contributed by atoms with Crippen molar-refractivity contribution in [3.63, 3.8) is 0 Å². The number of ether oxygens (including phenoxy) is 3. The Labute approximate surface area is 221 Å². The summed E-state index contributed by atoms with van der Waals surface area (Å²) in [5.41, 5.74) is 3.27. The van der Waals surface area contributed by atoms with Gasteiger partial charge in [0.25, 0.3) is 5.91 Å². The Morgan fingerprint density at radius 3 is 2.62 bits per heavy atom. The largest absolute Gasteiger partial charge is 0.493 e. The van der Waals surface area contributed by atoms with E-state index in [1.807, 2.05) is 18.2 Å². The molecule has 1 N–H and O–H groups in total. The molecule has 0 saturated carbocycles. The Morgan fingerprint density at radius 1 is 1.11 bits per heavy atom. The molecule has 2 aromatic rings. The maximum Gasteiger partial charge on any atom is 0.283 e. The standard InChI is InChI=1S/C28H32N4O4S/c1-6-19-12-18(4)13-21(14-19)35-9-10-36-23-8-7-20(16-24(23)34-5)15-22-26(29)32-28(30-27(22)33)37-25(31-32)11-17(2)3/h7-8,12-17,29H,6,9-11H2,1-5H3/b22-15+,29-26?. The van der Waals surface area contributed by atoms with Crippen molar-refractivity contribution in [2.24, 2.45) is 16.0 Å². The van der Waals surface area contributed by atoms with E-state index < -0.39 is 5.91 Å².